The topological polar surface area (TPSA) is 58.2 Å². The fourth-order valence-electron chi connectivity index (χ4n) is 3.82. The zero-order valence-corrected chi connectivity index (χ0v) is 15.9. The van der Waals surface area contributed by atoms with Crippen molar-refractivity contribution in [2.24, 2.45) is 5.92 Å². The Morgan fingerprint density at radius 1 is 0.889 bits per heavy atom. The van der Waals surface area contributed by atoms with Gasteiger partial charge in [0.15, 0.2) is 0 Å². The summed E-state index contributed by atoms with van der Waals surface area (Å²) in [5.41, 5.74) is 8.29. The highest BCUT2D eigenvalue weighted by Gasteiger charge is 2.27. The third-order valence-corrected chi connectivity index (χ3v) is 5.42. The average Bonchev–Trinajstić information content (AvgIpc) is 2.73. The van der Waals surface area contributed by atoms with Gasteiger partial charge in [-0.15, -0.1) is 0 Å². The van der Waals surface area contributed by atoms with Gasteiger partial charge in [-0.05, 0) is 61.3 Å². The van der Waals surface area contributed by atoms with Crippen molar-refractivity contribution >= 4 is 11.8 Å². The molecule has 0 aromatic heterocycles. The molecule has 1 aliphatic carbocycles. The fraction of sp³-hybridized carbons (Fsp3) is 0.391. The van der Waals surface area contributed by atoms with Crippen molar-refractivity contribution in [1.82, 2.24) is 10.9 Å². The van der Waals surface area contributed by atoms with E-state index in [1.807, 2.05) is 18.2 Å². The van der Waals surface area contributed by atoms with E-state index in [1.165, 1.54) is 11.1 Å². The molecule has 0 spiro atoms. The Labute approximate surface area is 161 Å². The Balaban J connectivity index is 1.45. The van der Waals surface area contributed by atoms with Crippen molar-refractivity contribution < 1.29 is 9.59 Å². The molecule has 27 heavy (non-hydrogen) atoms. The maximum atomic E-state index is 12.4. The van der Waals surface area contributed by atoms with E-state index in [2.05, 4.69) is 42.0 Å². The highest BCUT2D eigenvalue weighted by molar-refractivity contribution is 5.95. The summed E-state index contributed by atoms with van der Waals surface area (Å²) in [5.74, 6) is 0.144. The lowest BCUT2D eigenvalue weighted by Gasteiger charge is -2.28. The molecule has 2 aromatic rings. The number of rotatable bonds is 5. The minimum absolute atomic E-state index is 0.0304. The van der Waals surface area contributed by atoms with Crippen molar-refractivity contribution in [3.05, 3.63) is 71.3 Å². The van der Waals surface area contributed by atoms with Crippen LogP contribution in [0.3, 0.4) is 0 Å². The number of nitrogens with one attached hydrogen (secondary N) is 2. The van der Waals surface area contributed by atoms with Crippen LogP contribution in [0.2, 0.25) is 0 Å². The van der Waals surface area contributed by atoms with E-state index in [9.17, 15) is 9.59 Å². The number of aryl methyl sites for hydroxylation is 1. The number of hydrazine groups is 1. The second-order valence-electron chi connectivity index (χ2n) is 7.35. The summed E-state index contributed by atoms with van der Waals surface area (Å²) in [5, 5.41) is 0. The van der Waals surface area contributed by atoms with Crippen LogP contribution < -0.4 is 10.9 Å². The summed E-state index contributed by atoms with van der Waals surface area (Å²) in [4.78, 5) is 24.6. The molecule has 142 valence electrons. The fourth-order valence-corrected chi connectivity index (χ4v) is 3.82. The highest BCUT2D eigenvalue weighted by Crippen LogP contribution is 2.35. The van der Waals surface area contributed by atoms with Crippen LogP contribution in [0.1, 0.15) is 66.4 Å². The second kappa shape index (κ2) is 9.36. The lowest BCUT2D eigenvalue weighted by molar-refractivity contribution is -0.126. The predicted octanol–water partition coefficient (Wildman–Crippen LogP) is 4.37. The molecule has 0 unspecified atom stereocenters. The van der Waals surface area contributed by atoms with Gasteiger partial charge in [0.1, 0.15) is 0 Å². The van der Waals surface area contributed by atoms with E-state index >= 15 is 0 Å². The number of hydrogen-bond acceptors (Lipinski definition) is 2. The quantitative estimate of drug-likeness (QED) is 0.774. The molecule has 0 atom stereocenters. The molecule has 2 N–H and O–H groups in total. The Hall–Kier alpha value is -2.62. The van der Waals surface area contributed by atoms with Gasteiger partial charge < -0.3 is 0 Å². The zero-order valence-electron chi connectivity index (χ0n) is 15.9. The molecule has 4 heteroatoms. The van der Waals surface area contributed by atoms with Crippen molar-refractivity contribution in [1.29, 1.82) is 0 Å². The third kappa shape index (κ3) is 5.19. The first-order chi connectivity index (χ1) is 13.2. The molecule has 0 aliphatic heterocycles. The van der Waals surface area contributed by atoms with Gasteiger partial charge in [-0.25, -0.2) is 0 Å². The molecule has 2 aromatic carbocycles. The van der Waals surface area contributed by atoms with E-state index in [-0.39, 0.29) is 17.7 Å². The van der Waals surface area contributed by atoms with Crippen LogP contribution in [-0.2, 0) is 11.2 Å². The molecule has 2 amide bonds. The van der Waals surface area contributed by atoms with Crippen LogP contribution in [0.4, 0.5) is 0 Å². The molecule has 1 saturated carbocycles. The SMILES string of the molecule is CCCc1ccc(C(=O)NNC(=O)C2CCC(c3ccccc3)CC2)cc1. The molecular weight excluding hydrogens is 336 g/mol. The molecular formula is C23H28N2O2. The van der Waals surface area contributed by atoms with Crippen molar-refractivity contribution in [2.45, 2.75) is 51.4 Å². The van der Waals surface area contributed by atoms with Gasteiger partial charge in [-0.2, -0.15) is 0 Å². The monoisotopic (exact) mass is 364 g/mol. The Morgan fingerprint density at radius 2 is 1.56 bits per heavy atom. The van der Waals surface area contributed by atoms with Gasteiger partial charge >= 0.3 is 0 Å². The lowest BCUT2D eigenvalue weighted by atomic mass is 9.78. The Morgan fingerprint density at radius 3 is 2.19 bits per heavy atom. The zero-order chi connectivity index (χ0) is 19.1. The first kappa shape index (κ1) is 19.2. The van der Waals surface area contributed by atoms with E-state index < -0.39 is 0 Å². The number of benzene rings is 2. The molecule has 0 heterocycles. The summed E-state index contributed by atoms with van der Waals surface area (Å²) in [6.07, 6.45) is 5.81. The maximum Gasteiger partial charge on any atom is 0.269 e. The van der Waals surface area contributed by atoms with Crippen LogP contribution in [-0.4, -0.2) is 11.8 Å². The third-order valence-electron chi connectivity index (χ3n) is 5.42. The molecule has 3 rings (SSSR count). The molecule has 0 saturated heterocycles. The number of hydrogen-bond donors (Lipinski definition) is 2. The predicted molar refractivity (Wildman–Crippen MR) is 107 cm³/mol. The molecule has 1 fully saturated rings. The van der Waals surface area contributed by atoms with Crippen LogP contribution >= 0.6 is 0 Å². The van der Waals surface area contributed by atoms with Gasteiger partial charge in [0.25, 0.3) is 5.91 Å². The van der Waals surface area contributed by atoms with Crippen LogP contribution in [0.25, 0.3) is 0 Å². The summed E-state index contributed by atoms with van der Waals surface area (Å²) in [7, 11) is 0. The normalized spacial score (nSPS) is 19.3. The largest absolute Gasteiger partial charge is 0.273 e. The van der Waals surface area contributed by atoms with Crippen molar-refractivity contribution in [3.63, 3.8) is 0 Å². The van der Waals surface area contributed by atoms with Gasteiger partial charge in [0, 0.05) is 11.5 Å². The minimum Gasteiger partial charge on any atom is -0.273 e. The van der Waals surface area contributed by atoms with Gasteiger partial charge in [-0.3, -0.25) is 20.4 Å². The lowest BCUT2D eigenvalue weighted by Crippen LogP contribution is -2.45. The Bertz CT molecular complexity index is 748. The minimum atomic E-state index is -0.274. The molecule has 0 bridgehead atoms. The van der Waals surface area contributed by atoms with Crippen molar-refractivity contribution in [3.8, 4) is 0 Å². The first-order valence-corrected chi connectivity index (χ1v) is 9.91. The molecule has 1 aliphatic rings. The van der Waals surface area contributed by atoms with E-state index in [1.54, 1.807) is 12.1 Å². The average molecular weight is 364 g/mol. The maximum absolute atomic E-state index is 12.4. The van der Waals surface area contributed by atoms with E-state index in [4.69, 9.17) is 0 Å². The summed E-state index contributed by atoms with van der Waals surface area (Å²) >= 11 is 0. The highest BCUT2D eigenvalue weighted by atomic mass is 16.2. The van der Waals surface area contributed by atoms with Crippen LogP contribution in [0.5, 0.6) is 0 Å². The number of carbonyl (C=O) groups excluding carboxylic acids is 2. The van der Waals surface area contributed by atoms with Gasteiger partial charge in [-0.1, -0.05) is 55.8 Å². The molecule has 4 nitrogen and oxygen atoms in total. The van der Waals surface area contributed by atoms with Crippen LogP contribution in [0.15, 0.2) is 54.6 Å². The second-order valence-corrected chi connectivity index (χ2v) is 7.35. The van der Waals surface area contributed by atoms with E-state index in [0.717, 1.165) is 38.5 Å². The summed E-state index contributed by atoms with van der Waals surface area (Å²) < 4.78 is 0. The van der Waals surface area contributed by atoms with Crippen molar-refractivity contribution in [2.75, 3.05) is 0 Å². The number of amides is 2. The first-order valence-electron chi connectivity index (χ1n) is 9.91. The summed E-state index contributed by atoms with van der Waals surface area (Å²) in [6.45, 7) is 2.13. The van der Waals surface area contributed by atoms with Crippen LogP contribution in [0, 0.1) is 5.92 Å². The smallest absolute Gasteiger partial charge is 0.269 e. The van der Waals surface area contributed by atoms with E-state index in [0.29, 0.717) is 11.5 Å². The number of carbonyl (C=O) groups is 2. The van der Waals surface area contributed by atoms with Gasteiger partial charge in [0.05, 0.1) is 0 Å². The Kier molecular flexibility index (Phi) is 6.64. The summed E-state index contributed by atoms with van der Waals surface area (Å²) in [6, 6.07) is 18.0. The standard InChI is InChI=1S/C23H28N2O2/c1-2-6-17-9-11-20(12-10-17)22(26)24-25-23(27)21-15-13-19(14-16-21)18-7-4-3-5-8-18/h3-5,7-12,19,21H,2,6,13-16H2,1H3,(H,24,26)(H,25,27). The van der Waals surface area contributed by atoms with Gasteiger partial charge in [0.2, 0.25) is 5.91 Å². The molecule has 0 radical (unpaired) electrons.